The van der Waals surface area contributed by atoms with Crippen LogP contribution in [-0.4, -0.2) is 24.3 Å². The third kappa shape index (κ3) is 2.95. The average molecular weight is 286 g/mol. The molecular weight excluding hydrogens is 264 g/mol. The number of pyridine rings is 1. The number of nitrogen functional groups attached to an aromatic ring is 1. The van der Waals surface area contributed by atoms with Crippen LogP contribution >= 0.6 is 0 Å². The number of rotatable bonds is 3. The molecule has 0 saturated heterocycles. The standard InChI is InChI=1S/C17H22N2O2/c1-11-10-14(18)17-15(19-11)4-3-5-16(17)21-13-8-6-12(20-2)7-9-13/h3-5,10,12-13H,6-9H2,1-2H3,(H2,18,19)/t12-,13-. The Morgan fingerprint density at radius 2 is 1.86 bits per heavy atom. The van der Waals surface area contributed by atoms with Gasteiger partial charge in [-0.3, -0.25) is 4.98 Å². The van der Waals surface area contributed by atoms with Crippen LogP contribution in [0.25, 0.3) is 10.9 Å². The second-order valence-corrected chi connectivity index (χ2v) is 5.76. The zero-order valence-electron chi connectivity index (χ0n) is 12.6. The van der Waals surface area contributed by atoms with Crippen LogP contribution in [0.4, 0.5) is 5.69 Å². The van der Waals surface area contributed by atoms with Crippen molar-refractivity contribution in [3.63, 3.8) is 0 Å². The van der Waals surface area contributed by atoms with Crippen molar-refractivity contribution in [2.75, 3.05) is 12.8 Å². The second kappa shape index (κ2) is 5.90. The first-order valence-corrected chi connectivity index (χ1v) is 7.52. The smallest absolute Gasteiger partial charge is 0.131 e. The summed E-state index contributed by atoms with van der Waals surface area (Å²) in [4.78, 5) is 4.54. The maximum atomic E-state index is 6.21. The molecule has 0 amide bonds. The number of anilines is 1. The maximum Gasteiger partial charge on any atom is 0.131 e. The highest BCUT2D eigenvalue weighted by atomic mass is 16.5. The summed E-state index contributed by atoms with van der Waals surface area (Å²) in [6, 6.07) is 7.84. The molecule has 112 valence electrons. The lowest BCUT2D eigenvalue weighted by Crippen LogP contribution is -2.27. The number of ether oxygens (including phenoxy) is 2. The third-order valence-electron chi connectivity index (χ3n) is 4.20. The normalized spacial score (nSPS) is 22.4. The van der Waals surface area contributed by atoms with E-state index >= 15 is 0 Å². The van der Waals surface area contributed by atoms with E-state index in [1.54, 1.807) is 7.11 Å². The summed E-state index contributed by atoms with van der Waals surface area (Å²) in [5.41, 5.74) is 8.73. The minimum Gasteiger partial charge on any atom is -0.490 e. The lowest BCUT2D eigenvalue weighted by Gasteiger charge is -2.28. The topological polar surface area (TPSA) is 57.4 Å². The lowest BCUT2D eigenvalue weighted by atomic mass is 9.95. The van der Waals surface area contributed by atoms with Gasteiger partial charge in [0, 0.05) is 18.5 Å². The summed E-state index contributed by atoms with van der Waals surface area (Å²) in [5, 5.41) is 0.928. The minimum absolute atomic E-state index is 0.239. The van der Waals surface area contributed by atoms with Crippen LogP contribution in [0.15, 0.2) is 24.3 Å². The summed E-state index contributed by atoms with van der Waals surface area (Å²) in [6.45, 7) is 1.95. The molecule has 4 heteroatoms. The van der Waals surface area contributed by atoms with Gasteiger partial charge in [-0.1, -0.05) is 6.07 Å². The number of fused-ring (bicyclic) bond motifs is 1. The molecule has 3 rings (SSSR count). The molecule has 0 spiro atoms. The van der Waals surface area contributed by atoms with Crippen molar-refractivity contribution in [3.05, 3.63) is 30.0 Å². The summed E-state index contributed by atoms with van der Waals surface area (Å²) in [6.07, 6.45) is 4.77. The average Bonchev–Trinajstić information content (AvgIpc) is 2.47. The van der Waals surface area contributed by atoms with Crippen LogP contribution in [0.3, 0.4) is 0 Å². The van der Waals surface area contributed by atoms with Crippen LogP contribution in [0.5, 0.6) is 5.75 Å². The molecule has 0 bridgehead atoms. The van der Waals surface area contributed by atoms with Crippen molar-refractivity contribution < 1.29 is 9.47 Å². The molecule has 21 heavy (non-hydrogen) atoms. The van der Waals surface area contributed by atoms with Gasteiger partial charge in [-0.05, 0) is 50.8 Å². The largest absolute Gasteiger partial charge is 0.490 e. The zero-order chi connectivity index (χ0) is 14.8. The summed E-state index contributed by atoms with van der Waals surface area (Å²) >= 11 is 0. The summed E-state index contributed by atoms with van der Waals surface area (Å²) in [5.74, 6) is 0.846. The van der Waals surface area contributed by atoms with Crippen molar-refractivity contribution in [2.45, 2.75) is 44.8 Å². The van der Waals surface area contributed by atoms with Crippen LogP contribution in [0, 0.1) is 6.92 Å². The zero-order valence-corrected chi connectivity index (χ0v) is 12.6. The molecule has 4 nitrogen and oxygen atoms in total. The molecular formula is C17H22N2O2. The molecule has 0 aliphatic heterocycles. The van der Waals surface area contributed by atoms with Gasteiger partial charge in [0.25, 0.3) is 0 Å². The molecule has 2 aromatic rings. The molecule has 1 aromatic heterocycles. The van der Waals surface area contributed by atoms with Gasteiger partial charge in [-0.2, -0.15) is 0 Å². The Kier molecular flexibility index (Phi) is 3.97. The van der Waals surface area contributed by atoms with Gasteiger partial charge >= 0.3 is 0 Å². The van der Waals surface area contributed by atoms with Crippen molar-refractivity contribution in [1.82, 2.24) is 4.98 Å². The van der Waals surface area contributed by atoms with Crippen LogP contribution in [-0.2, 0) is 4.74 Å². The van der Waals surface area contributed by atoms with Crippen LogP contribution < -0.4 is 10.5 Å². The molecule has 0 unspecified atom stereocenters. The quantitative estimate of drug-likeness (QED) is 0.938. The van der Waals surface area contributed by atoms with E-state index in [1.807, 2.05) is 31.2 Å². The monoisotopic (exact) mass is 286 g/mol. The van der Waals surface area contributed by atoms with Crippen LogP contribution in [0.2, 0.25) is 0 Å². The lowest BCUT2D eigenvalue weighted by molar-refractivity contribution is 0.0332. The summed E-state index contributed by atoms with van der Waals surface area (Å²) in [7, 11) is 1.78. The number of benzene rings is 1. The number of hydrogen-bond acceptors (Lipinski definition) is 4. The summed E-state index contributed by atoms with van der Waals surface area (Å²) < 4.78 is 11.6. The van der Waals surface area contributed by atoms with E-state index in [0.29, 0.717) is 6.10 Å². The fourth-order valence-corrected chi connectivity index (χ4v) is 3.09. The molecule has 1 fully saturated rings. The molecule has 1 saturated carbocycles. The predicted molar refractivity (Wildman–Crippen MR) is 84.6 cm³/mol. The van der Waals surface area contributed by atoms with E-state index in [1.165, 1.54) is 0 Å². The molecule has 1 aliphatic rings. The fraction of sp³-hybridized carbons (Fsp3) is 0.471. The van der Waals surface area contributed by atoms with Gasteiger partial charge in [-0.15, -0.1) is 0 Å². The van der Waals surface area contributed by atoms with Crippen molar-refractivity contribution >= 4 is 16.6 Å². The third-order valence-corrected chi connectivity index (χ3v) is 4.20. The van der Waals surface area contributed by atoms with Crippen molar-refractivity contribution in [2.24, 2.45) is 0 Å². The van der Waals surface area contributed by atoms with Crippen molar-refractivity contribution in [1.29, 1.82) is 0 Å². The Morgan fingerprint density at radius 3 is 2.57 bits per heavy atom. The van der Waals surface area contributed by atoms with Crippen molar-refractivity contribution in [3.8, 4) is 5.75 Å². The van der Waals surface area contributed by atoms with E-state index in [-0.39, 0.29) is 6.10 Å². The van der Waals surface area contributed by atoms with E-state index in [2.05, 4.69) is 4.98 Å². The molecule has 1 aliphatic carbocycles. The first-order valence-electron chi connectivity index (χ1n) is 7.52. The second-order valence-electron chi connectivity index (χ2n) is 5.76. The highest BCUT2D eigenvalue weighted by Crippen LogP contribution is 2.33. The highest BCUT2D eigenvalue weighted by molar-refractivity contribution is 5.95. The SMILES string of the molecule is CO[C@H]1CC[C@H](Oc2cccc3nc(C)cc(N)c23)CC1. The van der Waals surface area contributed by atoms with Gasteiger partial charge < -0.3 is 15.2 Å². The van der Waals surface area contributed by atoms with Gasteiger partial charge in [0.15, 0.2) is 0 Å². The predicted octanol–water partition coefficient (Wildman–Crippen LogP) is 3.46. The van der Waals surface area contributed by atoms with Gasteiger partial charge in [-0.25, -0.2) is 0 Å². The van der Waals surface area contributed by atoms with Gasteiger partial charge in [0.05, 0.1) is 23.1 Å². The first kappa shape index (κ1) is 14.1. The number of hydrogen-bond donors (Lipinski definition) is 1. The Bertz CT molecular complexity index is 634. The van der Waals surface area contributed by atoms with E-state index in [4.69, 9.17) is 15.2 Å². The molecule has 0 atom stereocenters. The van der Waals surface area contributed by atoms with E-state index in [0.717, 1.165) is 53.7 Å². The first-order chi connectivity index (χ1) is 10.2. The Balaban J connectivity index is 1.84. The van der Waals surface area contributed by atoms with Crippen LogP contribution in [0.1, 0.15) is 31.4 Å². The number of nitrogens with two attached hydrogens (primary N) is 1. The number of nitrogens with zero attached hydrogens (tertiary/aromatic N) is 1. The molecule has 0 radical (unpaired) electrons. The molecule has 2 N–H and O–H groups in total. The highest BCUT2D eigenvalue weighted by Gasteiger charge is 2.23. The van der Waals surface area contributed by atoms with E-state index < -0.39 is 0 Å². The molecule has 1 aromatic carbocycles. The minimum atomic E-state index is 0.239. The number of aromatic nitrogens is 1. The Hall–Kier alpha value is -1.81. The maximum absolute atomic E-state index is 6.21. The van der Waals surface area contributed by atoms with Gasteiger partial charge in [0.2, 0.25) is 0 Å². The van der Waals surface area contributed by atoms with Gasteiger partial charge in [0.1, 0.15) is 5.75 Å². The fourth-order valence-electron chi connectivity index (χ4n) is 3.09. The molecule has 1 heterocycles. The Morgan fingerprint density at radius 1 is 1.14 bits per heavy atom. The number of methoxy groups -OCH3 is 1. The Labute approximate surface area is 125 Å². The number of aryl methyl sites for hydroxylation is 1. The van der Waals surface area contributed by atoms with E-state index in [9.17, 15) is 0 Å².